The van der Waals surface area contributed by atoms with Crippen LogP contribution in [0.25, 0.3) is 72.3 Å². The second-order valence-corrected chi connectivity index (χ2v) is 15.7. The minimum atomic E-state index is -2.46. The van der Waals surface area contributed by atoms with Crippen molar-refractivity contribution in [2.45, 2.75) is 72.6 Å². The zero-order valence-electron chi connectivity index (χ0n) is 34.2. The molecule has 0 bridgehead atoms. The summed E-state index contributed by atoms with van der Waals surface area (Å²) >= 11 is 0. The van der Waals surface area contributed by atoms with Crippen LogP contribution in [0.5, 0.6) is 0 Å². The number of para-hydroxylation sites is 2. The lowest BCUT2D eigenvalue weighted by Gasteiger charge is -2.21. The normalized spacial score (nSPS) is 14.7. The van der Waals surface area contributed by atoms with Gasteiger partial charge in [-0.1, -0.05) is 108 Å². The molecule has 0 N–H and O–H groups in total. The summed E-state index contributed by atoms with van der Waals surface area (Å²) in [6.45, 7) is 13.0. The zero-order chi connectivity index (χ0) is 38.7. The van der Waals surface area contributed by atoms with E-state index in [1.165, 1.54) is 33.4 Å². The molecule has 0 unspecified atom stereocenters. The number of rotatable bonds is 5. The summed E-state index contributed by atoms with van der Waals surface area (Å²) in [5, 5.41) is 1.33. The number of fused-ring (bicyclic) bond motifs is 7. The largest absolute Gasteiger partial charge is 0.455 e. The molecular weight excluding hydrogens is 635 g/mol. The van der Waals surface area contributed by atoms with E-state index in [0.29, 0.717) is 22.2 Å². The molecule has 3 heterocycles. The number of pyridine rings is 1. The van der Waals surface area contributed by atoms with E-state index in [-0.39, 0.29) is 22.9 Å². The highest BCUT2D eigenvalue weighted by Gasteiger charge is 2.38. The Kier molecular flexibility index (Phi) is 6.45. The standard InChI is InChI=1S/C48H46N3O/c1-27(2)34-23-32(31-17-11-10-12-18-31)24-35(28(3)4)45(34)51-41-22-16-15-21-40(41)50(9)47(51)44-30(6)49-29(5)43-37-25-39-36(26-42(37)52-46(43)44)33-19-13-14-20-38(33)48(39,7)8/h10-28H,1-9H3/q+1/i5D3. The first-order valence-corrected chi connectivity index (χ1v) is 18.4. The van der Waals surface area contributed by atoms with Crippen molar-refractivity contribution in [3.63, 3.8) is 0 Å². The zero-order valence-corrected chi connectivity index (χ0v) is 31.2. The summed E-state index contributed by atoms with van der Waals surface area (Å²) < 4.78 is 37.9. The van der Waals surface area contributed by atoms with Crippen LogP contribution in [0.2, 0.25) is 0 Å². The fourth-order valence-electron chi connectivity index (χ4n) is 8.85. The molecule has 0 saturated heterocycles. The Morgan fingerprint density at radius 1 is 0.750 bits per heavy atom. The quantitative estimate of drug-likeness (QED) is 0.169. The van der Waals surface area contributed by atoms with Crippen LogP contribution in [0, 0.1) is 13.8 Å². The van der Waals surface area contributed by atoms with Gasteiger partial charge in [0, 0.05) is 31.7 Å². The van der Waals surface area contributed by atoms with Gasteiger partial charge in [0.2, 0.25) is 0 Å². The Hall–Kier alpha value is -5.48. The Balaban J connectivity index is 1.43. The molecule has 0 amide bonds. The number of nitrogens with zero attached hydrogens (tertiary/aromatic N) is 3. The van der Waals surface area contributed by atoms with Gasteiger partial charge in [0.25, 0.3) is 0 Å². The molecule has 4 nitrogen and oxygen atoms in total. The van der Waals surface area contributed by atoms with Crippen molar-refractivity contribution in [1.29, 1.82) is 0 Å². The first-order valence-electron chi connectivity index (χ1n) is 19.9. The van der Waals surface area contributed by atoms with E-state index in [4.69, 9.17) is 13.5 Å². The summed E-state index contributed by atoms with van der Waals surface area (Å²) in [4.78, 5) is 5.01. The van der Waals surface area contributed by atoms with Crippen molar-refractivity contribution in [3.05, 3.63) is 137 Å². The van der Waals surface area contributed by atoms with Gasteiger partial charge in [-0.25, -0.2) is 4.57 Å². The molecule has 0 saturated carbocycles. The molecular formula is C48H46N3O+. The third-order valence-electron chi connectivity index (χ3n) is 11.5. The smallest absolute Gasteiger partial charge is 0.300 e. The van der Waals surface area contributed by atoms with Crippen LogP contribution in [0.3, 0.4) is 0 Å². The van der Waals surface area contributed by atoms with E-state index in [1.54, 1.807) is 0 Å². The third kappa shape index (κ3) is 4.52. The topological polar surface area (TPSA) is 34.8 Å². The van der Waals surface area contributed by atoms with Crippen molar-refractivity contribution < 1.29 is 13.1 Å². The number of furan rings is 1. The highest BCUT2D eigenvalue weighted by Crippen LogP contribution is 2.51. The van der Waals surface area contributed by atoms with Gasteiger partial charge in [0.05, 0.1) is 18.1 Å². The number of aryl methyl sites for hydroxylation is 3. The van der Waals surface area contributed by atoms with Gasteiger partial charge in [0.1, 0.15) is 16.8 Å². The summed E-state index contributed by atoms with van der Waals surface area (Å²) in [6, 6.07) is 36.6. The van der Waals surface area contributed by atoms with Crippen molar-refractivity contribution in [1.82, 2.24) is 9.55 Å². The second kappa shape index (κ2) is 11.5. The minimum absolute atomic E-state index is 0.0686. The maximum Gasteiger partial charge on any atom is 0.300 e. The van der Waals surface area contributed by atoms with Crippen LogP contribution in [-0.4, -0.2) is 9.55 Å². The molecule has 258 valence electrons. The second-order valence-electron chi connectivity index (χ2n) is 15.7. The van der Waals surface area contributed by atoms with Gasteiger partial charge < -0.3 is 4.42 Å². The van der Waals surface area contributed by atoms with Gasteiger partial charge in [-0.05, 0) is 95.4 Å². The maximum absolute atomic E-state index is 8.74. The Morgan fingerprint density at radius 2 is 1.42 bits per heavy atom. The molecule has 9 rings (SSSR count). The molecule has 0 aliphatic heterocycles. The van der Waals surface area contributed by atoms with E-state index >= 15 is 0 Å². The average Bonchev–Trinajstić information content (AvgIpc) is 3.74. The molecule has 8 aromatic rings. The van der Waals surface area contributed by atoms with E-state index in [1.807, 2.05) is 6.92 Å². The van der Waals surface area contributed by atoms with E-state index < -0.39 is 6.85 Å². The summed E-state index contributed by atoms with van der Waals surface area (Å²) in [6.07, 6.45) is 0. The van der Waals surface area contributed by atoms with Crippen LogP contribution in [0.15, 0.2) is 108 Å². The molecule has 5 aromatic carbocycles. The first-order chi connectivity index (χ1) is 26.2. The van der Waals surface area contributed by atoms with E-state index in [2.05, 4.69) is 161 Å². The molecule has 3 aromatic heterocycles. The summed E-state index contributed by atoms with van der Waals surface area (Å²) in [7, 11) is 2.09. The molecule has 1 aliphatic rings. The highest BCUT2D eigenvalue weighted by molar-refractivity contribution is 6.12. The molecule has 52 heavy (non-hydrogen) atoms. The maximum atomic E-state index is 8.74. The number of aromatic nitrogens is 3. The number of benzene rings is 5. The van der Waals surface area contributed by atoms with Gasteiger partial charge in [-0.15, -0.1) is 0 Å². The van der Waals surface area contributed by atoms with Crippen LogP contribution in [0.4, 0.5) is 0 Å². The fraction of sp³-hybridized carbons (Fsp3) is 0.250. The van der Waals surface area contributed by atoms with Crippen LogP contribution in [0.1, 0.15) is 91.1 Å². The predicted molar refractivity (Wildman–Crippen MR) is 216 cm³/mol. The van der Waals surface area contributed by atoms with Gasteiger partial charge >= 0.3 is 5.82 Å². The number of imidazole rings is 1. The number of hydrogen-bond acceptors (Lipinski definition) is 2. The average molecular weight is 684 g/mol. The lowest BCUT2D eigenvalue weighted by Crippen LogP contribution is -2.31. The Labute approximate surface area is 310 Å². The van der Waals surface area contributed by atoms with Crippen LogP contribution >= 0.6 is 0 Å². The lowest BCUT2D eigenvalue weighted by atomic mass is 9.82. The van der Waals surface area contributed by atoms with E-state index in [9.17, 15) is 0 Å². The first kappa shape index (κ1) is 29.1. The van der Waals surface area contributed by atoms with Crippen LogP contribution in [-0.2, 0) is 12.5 Å². The molecule has 0 radical (unpaired) electrons. The van der Waals surface area contributed by atoms with Crippen molar-refractivity contribution in [3.8, 4) is 39.3 Å². The molecule has 0 atom stereocenters. The Morgan fingerprint density at radius 3 is 2.13 bits per heavy atom. The molecule has 0 fully saturated rings. The summed E-state index contributed by atoms with van der Waals surface area (Å²) in [5.74, 6) is 1.29. The predicted octanol–water partition coefficient (Wildman–Crippen LogP) is 12.3. The Bertz CT molecular complexity index is 2830. The molecule has 0 spiro atoms. The van der Waals surface area contributed by atoms with Crippen molar-refractivity contribution in [2.24, 2.45) is 7.05 Å². The summed E-state index contributed by atoms with van der Waals surface area (Å²) in [5.41, 5.74) is 15.2. The number of hydrogen-bond donors (Lipinski definition) is 0. The minimum Gasteiger partial charge on any atom is -0.455 e. The van der Waals surface area contributed by atoms with Gasteiger partial charge in [-0.3, -0.25) is 4.98 Å². The molecule has 1 aliphatic carbocycles. The molecule has 4 heteroatoms. The van der Waals surface area contributed by atoms with Crippen molar-refractivity contribution >= 4 is 33.0 Å². The van der Waals surface area contributed by atoms with Gasteiger partial charge in [0.15, 0.2) is 16.6 Å². The monoisotopic (exact) mass is 683 g/mol. The lowest BCUT2D eigenvalue weighted by molar-refractivity contribution is -0.633. The van der Waals surface area contributed by atoms with Gasteiger partial charge in [-0.2, -0.15) is 4.57 Å². The van der Waals surface area contributed by atoms with E-state index in [0.717, 1.165) is 44.6 Å². The third-order valence-corrected chi connectivity index (χ3v) is 11.5. The fourth-order valence-corrected chi connectivity index (χ4v) is 8.85. The van der Waals surface area contributed by atoms with Crippen molar-refractivity contribution in [2.75, 3.05) is 0 Å². The highest BCUT2D eigenvalue weighted by atomic mass is 16.3. The van der Waals surface area contributed by atoms with Crippen LogP contribution < -0.4 is 4.57 Å². The SMILES string of the molecule is [2H]C([2H])([2H])c1nc(C)c(-c2n(-c3c(C(C)C)cc(-c4ccccc4)cc3C(C)C)c3ccccc3[n+]2C)c2oc3cc4c(cc3c12)C(C)(C)c1ccccc1-4.